The Balaban J connectivity index is 1.40. The third-order valence-corrected chi connectivity index (χ3v) is 6.72. The maximum atomic E-state index is 13.2. The molecule has 1 amide bonds. The van der Waals surface area contributed by atoms with Gasteiger partial charge in [0.2, 0.25) is 5.91 Å². The molecule has 1 aromatic heterocycles. The van der Waals surface area contributed by atoms with Gasteiger partial charge in [0.05, 0.1) is 24.7 Å². The van der Waals surface area contributed by atoms with Crippen LogP contribution in [0.15, 0.2) is 60.7 Å². The fourth-order valence-corrected chi connectivity index (χ4v) is 5.26. The van der Waals surface area contributed by atoms with Crippen LogP contribution in [0.25, 0.3) is 11.0 Å². The lowest BCUT2D eigenvalue weighted by molar-refractivity contribution is -0.117. The van der Waals surface area contributed by atoms with E-state index in [0.29, 0.717) is 26.1 Å². The van der Waals surface area contributed by atoms with Crippen LogP contribution in [0.3, 0.4) is 0 Å². The summed E-state index contributed by atoms with van der Waals surface area (Å²) in [6, 6.07) is 20.0. The lowest BCUT2D eigenvalue weighted by Gasteiger charge is -2.22. The molecule has 2 heterocycles. The molecule has 3 aromatic carbocycles. The van der Waals surface area contributed by atoms with Crippen molar-refractivity contribution in [2.75, 3.05) is 25.2 Å². The molecule has 1 aliphatic rings. The molecule has 0 spiro atoms. The van der Waals surface area contributed by atoms with Crippen molar-refractivity contribution >= 4 is 22.6 Å². The number of benzene rings is 3. The minimum atomic E-state index is 0.0241. The van der Waals surface area contributed by atoms with Gasteiger partial charge in [-0.3, -0.25) is 4.79 Å². The molecule has 180 valence electrons. The highest BCUT2D eigenvalue weighted by molar-refractivity contribution is 5.98. The van der Waals surface area contributed by atoms with E-state index in [1.165, 1.54) is 5.56 Å². The Morgan fingerprint density at radius 3 is 2.37 bits per heavy atom. The summed E-state index contributed by atoms with van der Waals surface area (Å²) in [6.07, 6.45) is 0.454. The Kier molecular flexibility index (Phi) is 6.20. The zero-order valence-corrected chi connectivity index (χ0v) is 20.7. The topological polar surface area (TPSA) is 56.6 Å². The van der Waals surface area contributed by atoms with Crippen LogP contribution in [0.4, 0.5) is 5.69 Å². The Morgan fingerprint density at radius 1 is 0.971 bits per heavy atom. The van der Waals surface area contributed by atoms with E-state index in [1.54, 1.807) is 7.11 Å². The van der Waals surface area contributed by atoms with Crippen LogP contribution in [0.2, 0.25) is 0 Å². The summed E-state index contributed by atoms with van der Waals surface area (Å²) in [5.74, 6) is 2.72. The van der Waals surface area contributed by atoms with E-state index in [-0.39, 0.29) is 11.8 Å². The second-order valence-corrected chi connectivity index (χ2v) is 9.29. The number of imidazole rings is 1. The molecule has 0 N–H and O–H groups in total. The van der Waals surface area contributed by atoms with Gasteiger partial charge in [0.25, 0.3) is 0 Å². The van der Waals surface area contributed by atoms with Gasteiger partial charge >= 0.3 is 0 Å². The monoisotopic (exact) mass is 469 g/mol. The fourth-order valence-electron chi connectivity index (χ4n) is 5.26. The predicted molar refractivity (Wildman–Crippen MR) is 139 cm³/mol. The number of carbonyl (C=O) groups is 1. The molecular formula is C29H31N3O3. The zero-order valence-electron chi connectivity index (χ0n) is 20.7. The number of rotatable bonds is 7. The maximum absolute atomic E-state index is 13.2. The lowest BCUT2D eigenvalue weighted by Crippen LogP contribution is -2.26. The first kappa shape index (κ1) is 23.0. The van der Waals surface area contributed by atoms with Gasteiger partial charge < -0.3 is 18.9 Å². The lowest BCUT2D eigenvalue weighted by atomic mass is 10.0. The second kappa shape index (κ2) is 9.45. The van der Waals surface area contributed by atoms with Gasteiger partial charge in [-0.2, -0.15) is 0 Å². The van der Waals surface area contributed by atoms with Gasteiger partial charge in [-0.25, -0.2) is 4.98 Å². The number of aromatic nitrogens is 2. The maximum Gasteiger partial charge on any atom is 0.227 e. The Hall–Kier alpha value is -3.80. The fraction of sp³-hybridized carbons (Fsp3) is 0.310. The molecule has 0 radical (unpaired) electrons. The molecule has 5 rings (SSSR count). The van der Waals surface area contributed by atoms with Crippen molar-refractivity contribution in [2.45, 2.75) is 39.7 Å². The number of methoxy groups -OCH3 is 1. The average Bonchev–Trinajstić information content (AvgIpc) is 3.39. The molecule has 0 saturated carbocycles. The van der Waals surface area contributed by atoms with Crippen LogP contribution >= 0.6 is 0 Å². The molecule has 6 heteroatoms. The predicted octanol–water partition coefficient (Wildman–Crippen LogP) is 5.57. The molecule has 0 aliphatic carbocycles. The van der Waals surface area contributed by atoms with Crippen LogP contribution in [0.5, 0.6) is 11.5 Å². The van der Waals surface area contributed by atoms with Gasteiger partial charge in [-0.1, -0.05) is 29.8 Å². The number of nitrogens with zero attached hydrogens (tertiary/aromatic N) is 3. The standard InChI is InChI=1S/C29H31N3O3/c1-19-15-20(2)28(21(3)16-19)32-18-22(17-27(32)33)29-30-25-7-5-6-8-26(25)31(29)13-14-35-24-11-9-23(34-4)10-12-24/h5-12,15-16,22H,13-14,17-18H2,1-4H3. The normalized spacial score (nSPS) is 15.7. The Bertz CT molecular complexity index is 1350. The van der Waals surface area contributed by atoms with E-state index in [4.69, 9.17) is 14.5 Å². The van der Waals surface area contributed by atoms with Crippen molar-refractivity contribution in [1.29, 1.82) is 0 Å². The van der Waals surface area contributed by atoms with Gasteiger partial charge in [-0.05, 0) is 68.3 Å². The number of ether oxygens (including phenoxy) is 2. The van der Waals surface area contributed by atoms with E-state index in [0.717, 1.165) is 45.2 Å². The molecule has 0 bridgehead atoms. The average molecular weight is 470 g/mol. The Morgan fingerprint density at radius 2 is 1.66 bits per heavy atom. The zero-order chi connectivity index (χ0) is 24.5. The molecule has 1 aliphatic heterocycles. The molecular weight excluding hydrogens is 438 g/mol. The smallest absolute Gasteiger partial charge is 0.227 e. The number of hydrogen-bond donors (Lipinski definition) is 0. The van der Waals surface area contributed by atoms with Crippen LogP contribution in [-0.4, -0.2) is 35.7 Å². The van der Waals surface area contributed by atoms with Crippen molar-refractivity contribution < 1.29 is 14.3 Å². The van der Waals surface area contributed by atoms with Crippen molar-refractivity contribution in [3.8, 4) is 11.5 Å². The highest BCUT2D eigenvalue weighted by Gasteiger charge is 2.36. The molecule has 35 heavy (non-hydrogen) atoms. The van der Waals surface area contributed by atoms with Crippen LogP contribution < -0.4 is 14.4 Å². The van der Waals surface area contributed by atoms with Crippen LogP contribution in [0.1, 0.15) is 34.9 Å². The van der Waals surface area contributed by atoms with Crippen molar-refractivity contribution in [3.63, 3.8) is 0 Å². The summed E-state index contributed by atoms with van der Waals surface area (Å²) in [4.78, 5) is 20.1. The molecule has 4 aromatic rings. The largest absolute Gasteiger partial charge is 0.497 e. The molecule has 1 fully saturated rings. The highest BCUT2D eigenvalue weighted by atomic mass is 16.5. The third-order valence-electron chi connectivity index (χ3n) is 6.72. The number of hydrogen-bond acceptors (Lipinski definition) is 4. The SMILES string of the molecule is COc1ccc(OCCn2c(C3CC(=O)N(c4c(C)cc(C)cc4C)C3)nc3ccccc32)cc1. The van der Waals surface area contributed by atoms with Gasteiger partial charge in [-0.15, -0.1) is 0 Å². The molecule has 1 saturated heterocycles. The van der Waals surface area contributed by atoms with E-state index < -0.39 is 0 Å². The summed E-state index contributed by atoms with van der Waals surface area (Å²) >= 11 is 0. The van der Waals surface area contributed by atoms with Gasteiger partial charge in [0.15, 0.2) is 0 Å². The van der Waals surface area contributed by atoms with E-state index in [1.807, 2.05) is 47.4 Å². The molecule has 6 nitrogen and oxygen atoms in total. The van der Waals surface area contributed by atoms with E-state index in [2.05, 4.69) is 43.5 Å². The number of anilines is 1. The first-order chi connectivity index (χ1) is 16.9. The van der Waals surface area contributed by atoms with Gasteiger partial charge in [0, 0.05) is 24.6 Å². The minimum Gasteiger partial charge on any atom is -0.497 e. The van der Waals surface area contributed by atoms with Crippen molar-refractivity contribution in [1.82, 2.24) is 9.55 Å². The summed E-state index contributed by atoms with van der Waals surface area (Å²) < 4.78 is 13.5. The number of fused-ring (bicyclic) bond motifs is 1. The number of carbonyl (C=O) groups excluding carboxylic acids is 1. The summed E-state index contributed by atoms with van der Waals surface area (Å²) in [5.41, 5.74) is 6.53. The van der Waals surface area contributed by atoms with Crippen molar-refractivity contribution in [3.05, 3.63) is 83.2 Å². The first-order valence-electron chi connectivity index (χ1n) is 12.0. The van der Waals surface area contributed by atoms with E-state index in [9.17, 15) is 4.79 Å². The summed E-state index contributed by atoms with van der Waals surface area (Å²) in [5, 5.41) is 0. The number of amides is 1. The van der Waals surface area contributed by atoms with Crippen molar-refractivity contribution in [2.24, 2.45) is 0 Å². The summed E-state index contributed by atoms with van der Waals surface area (Å²) in [7, 11) is 1.65. The van der Waals surface area contributed by atoms with E-state index >= 15 is 0 Å². The highest BCUT2D eigenvalue weighted by Crippen LogP contribution is 2.36. The second-order valence-electron chi connectivity index (χ2n) is 9.29. The van der Waals surface area contributed by atoms with Crippen LogP contribution in [-0.2, 0) is 11.3 Å². The minimum absolute atomic E-state index is 0.0241. The van der Waals surface area contributed by atoms with Crippen LogP contribution in [0, 0.1) is 20.8 Å². The quantitative estimate of drug-likeness (QED) is 0.355. The molecule has 1 unspecified atom stereocenters. The Labute approximate surface area is 206 Å². The number of para-hydroxylation sites is 2. The number of aryl methyl sites for hydroxylation is 3. The summed E-state index contributed by atoms with van der Waals surface area (Å²) in [6.45, 7) is 8.04. The molecule has 1 atom stereocenters. The van der Waals surface area contributed by atoms with Gasteiger partial charge in [0.1, 0.15) is 23.9 Å². The first-order valence-corrected chi connectivity index (χ1v) is 12.0. The third kappa shape index (κ3) is 4.48.